The number of aromatic nitrogens is 2. The van der Waals surface area contributed by atoms with Crippen LogP contribution in [0.2, 0.25) is 0 Å². The van der Waals surface area contributed by atoms with Gasteiger partial charge in [0.15, 0.2) is 0 Å². The van der Waals surface area contributed by atoms with E-state index in [-0.39, 0.29) is 18.0 Å². The van der Waals surface area contributed by atoms with Gasteiger partial charge in [0.2, 0.25) is 5.91 Å². The average Bonchev–Trinajstić information content (AvgIpc) is 3.19. The van der Waals surface area contributed by atoms with E-state index in [0.717, 1.165) is 26.8 Å². The second-order valence-electron chi connectivity index (χ2n) is 5.62. The molecule has 8 heteroatoms. The number of hydrogen-bond acceptors (Lipinski definition) is 6. The Morgan fingerprint density at radius 3 is 3.00 bits per heavy atom. The number of nitrogens with zero attached hydrogens (tertiary/aromatic N) is 2. The minimum absolute atomic E-state index is 0.00565. The predicted molar refractivity (Wildman–Crippen MR) is 107 cm³/mol. The third kappa shape index (κ3) is 4.31. The first-order chi connectivity index (χ1) is 12.1. The van der Waals surface area contributed by atoms with Gasteiger partial charge in [-0.1, -0.05) is 6.07 Å². The van der Waals surface area contributed by atoms with Crippen LogP contribution in [0.15, 0.2) is 28.6 Å². The minimum Gasteiger partial charge on any atom is -0.354 e. The van der Waals surface area contributed by atoms with Crippen molar-refractivity contribution in [3.63, 3.8) is 0 Å². The van der Waals surface area contributed by atoms with Crippen molar-refractivity contribution in [2.75, 3.05) is 12.3 Å². The minimum atomic E-state index is -0.162. The summed E-state index contributed by atoms with van der Waals surface area (Å²) in [6.07, 6.45) is 1.46. The molecule has 3 heterocycles. The average molecular weight is 394 g/mol. The van der Waals surface area contributed by atoms with Crippen LogP contribution in [0.1, 0.15) is 15.3 Å². The molecule has 132 valence electrons. The molecule has 0 saturated carbocycles. The summed E-state index contributed by atoms with van der Waals surface area (Å²) in [5.74, 6) is 1.65. The van der Waals surface area contributed by atoms with Gasteiger partial charge in [-0.05, 0) is 30.9 Å². The van der Waals surface area contributed by atoms with Crippen LogP contribution in [0.4, 0.5) is 0 Å². The molecule has 0 spiro atoms. The quantitative estimate of drug-likeness (QED) is 0.626. The summed E-state index contributed by atoms with van der Waals surface area (Å²) in [7, 11) is 0. The molecule has 0 unspecified atom stereocenters. The molecule has 0 saturated heterocycles. The molecule has 1 amide bonds. The van der Waals surface area contributed by atoms with E-state index in [1.54, 1.807) is 23.1 Å². The van der Waals surface area contributed by atoms with Crippen molar-refractivity contribution >= 4 is 50.6 Å². The lowest BCUT2D eigenvalue weighted by Crippen LogP contribution is -2.33. The van der Waals surface area contributed by atoms with Gasteiger partial charge in [-0.3, -0.25) is 14.2 Å². The van der Waals surface area contributed by atoms with Crippen LogP contribution < -0.4 is 10.9 Å². The Kier molecular flexibility index (Phi) is 5.93. The van der Waals surface area contributed by atoms with Crippen molar-refractivity contribution in [3.8, 4) is 0 Å². The lowest BCUT2D eigenvalue weighted by Gasteiger charge is -2.07. The van der Waals surface area contributed by atoms with E-state index in [2.05, 4.69) is 21.7 Å². The third-order valence-corrected chi connectivity index (χ3v) is 7.05. The van der Waals surface area contributed by atoms with Crippen LogP contribution in [0.25, 0.3) is 10.2 Å². The number of thiophene rings is 2. The lowest BCUT2D eigenvalue weighted by molar-refractivity contribution is -0.121. The van der Waals surface area contributed by atoms with E-state index in [0.29, 0.717) is 11.9 Å². The van der Waals surface area contributed by atoms with Crippen LogP contribution in [0.3, 0.4) is 0 Å². The van der Waals surface area contributed by atoms with Crippen molar-refractivity contribution in [2.24, 2.45) is 0 Å². The fraction of sp³-hybridized carbons (Fsp3) is 0.353. The molecule has 0 aliphatic carbocycles. The first-order valence-corrected chi connectivity index (χ1v) is 10.7. The highest BCUT2D eigenvalue weighted by molar-refractivity contribution is 7.98. The summed E-state index contributed by atoms with van der Waals surface area (Å²) in [5, 5.41) is 5.56. The number of carbonyl (C=O) groups is 1. The maximum absolute atomic E-state index is 12.6. The van der Waals surface area contributed by atoms with E-state index in [1.165, 1.54) is 27.1 Å². The highest BCUT2D eigenvalue weighted by Crippen LogP contribution is 2.25. The first kappa shape index (κ1) is 18.2. The second kappa shape index (κ2) is 8.16. The molecule has 1 N–H and O–H groups in total. The number of thioether (sulfide) groups is 1. The second-order valence-corrected chi connectivity index (χ2v) is 8.96. The van der Waals surface area contributed by atoms with Gasteiger partial charge in [0.1, 0.15) is 11.4 Å². The van der Waals surface area contributed by atoms with E-state index in [4.69, 9.17) is 0 Å². The highest BCUT2D eigenvalue weighted by atomic mass is 32.2. The Hall–Kier alpha value is -1.64. The summed E-state index contributed by atoms with van der Waals surface area (Å²) < 4.78 is 1.38. The largest absolute Gasteiger partial charge is 0.354 e. The molecule has 5 nitrogen and oxygen atoms in total. The monoisotopic (exact) mass is 393 g/mol. The van der Waals surface area contributed by atoms with E-state index in [9.17, 15) is 9.59 Å². The number of amides is 1. The standard InChI is InChI=1S/C17H19N3O2S3/c1-11-12(2)25-16-15(11)17(22)20(10-19-16)8-14(21)18-5-7-23-9-13-4-3-6-24-13/h3-4,6,10H,5,7-9H2,1-2H3,(H,18,21). The summed E-state index contributed by atoms with van der Waals surface area (Å²) in [5.41, 5.74) is 0.811. The lowest BCUT2D eigenvalue weighted by atomic mass is 10.2. The zero-order valence-corrected chi connectivity index (χ0v) is 16.5. The fourth-order valence-corrected chi connectivity index (χ4v) is 5.11. The molecule has 25 heavy (non-hydrogen) atoms. The molecule has 3 aromatic rings. The Labute approximate surface area is 158 Å². The molecular weight excluding hydrogens is 374 g/mol. The normalized spacial score (nSPS) is 11.1. The van der Waals surface area contributed by atoms with Gasteiger partial charge in [0, 0.05) is 27.8 Å². The third-order valence-electron chi connectivity index (χ3n) is 3.86. The van der Waals surface area contributed by atoms with E-state index in [1.807, 2.05) is 19.9 Å². The number of aryl methyl sites for hydroxylation is 2. The van der Waals surface area contributed by atoms with Gasteiger partial charge < -0.3 is 5.32 Å². The molecule has 3 aromatic heterocycles. The highest BCUT2D eigenvalue weighted by Gasteiger charge is 2.13. The number of carbonyl (C=O) groups excluding carboxylic acids is 1. The van der Waals surface area contributed by atoms with Crippen molar-refractivity contribution in [1.82, 2.24) is 14.9 Å². The van der Waals surface area contributed by atoms with Gasteiger partial charge in [0.05, 0.1) is 11.7 Å². The summed E-state index contributed by atoms with van der Waals surface area (Å²) in [6, 6.07) is 4.15. The van der Waals surface area contributed by atoms with Crippen molar-refractivity contribution in [2.45, 2.75) is 26.1 Å². The number of fused-ring (bicyclic) bond motifs is 1. The van der Waals surface area contributed by atoms with E-state index >= 15 is 0 Å². The zero-order valence-electron chi connectivity index (χ0n) is 14.1. The Morgan fingerprint density at radius 2 is 2.24 bits per heavy atom. The molecule has 0 fully saturated rings. The van der Waals surface area contributed by atoms with Crippen LogP contribution in [0.5, 0.6) is 0 Å². The number of nitrogens with one attached hydrogen (secondary N) is 1. The van der Waals surface area contributed by atoms with Crippen LogP contribution in [-0.4, -0.2) is 27.8 Å². The summed E-state index contributed by atoms with van der Waals surface area (Å²) >= 11 is 5.04. The smallest absolute Gasteiger partial charge is 0.262 e. The number of rotatable bonds is 7. The van der Waals surface area contributed by atoms with E-state index < -0.39 is 0 Å². The molecule has 0 aromatic carbocycles. The maximum atomic E-state index is 12.6. The zero-order chi connectivity index (χ0) is 17.8. The predicted octanol–water partition coefficient (Wildman–Crippen LogP) is 3.19. The molecule has 0 aliphatic rings. The molecule has 0 aliphatic heterocycles. The Morgan fingerprint density at radius 1 is 1.40 bits per heavy atom. The fourth-order valence-electron chi connectivity index (χ4n) is 2.42. The molecule has 0 radical (unpaired) electrons. The van der Waals surface area contributed by atoms with Crippen LogP contribution in [-0.2, 0) is 17.1 Å². The molecule has 0 atom stereocenters. The molecule has 3 rings (SSSR count). The SMILES string of the molecule is Cc1sc2ncn(CC(=O)NCCSCc3cccs3)c(=O)c2c1C. The Balaban J connectivity index is 1.52. The molecular formula is C17H19N3O2S3. The van der Waals surface area contributed by atoms with Crippen LogP contribution >= 0.6 is 34.4 Å². The van der Waals surface area contributed by atoms with Crippen molar-refractivity contribution < 1.29 is 4.79 Å². The van der Waals surface area contributed by atoms with Gasteiger partial charge >= 0.3 is 0 Å². The first-order valence-electron chi connectivity index (χ1n) is 7.88. The summed E-state index contributed by atoms with van der Waals surface area (Å²) in [6.45, 7) is 4.50. The maximum Gasteiger partial charge on any atom is 0.262 e. The van der Waals surface area contributed by atoms with Crippen molar-refractivity contribution in [3.05, 3.63) is 49.5 Å². The summed E-state index contributed by atoms with van der Waals surface area (Å²) in [4.78, 5) is 32.1. The molecule has 0 bridgehead atoms. The van der Waals surface area contributed by atoms with Crippen molar-refractivity contribution in [1.29, 1.82) is 0 Å². The topological polar surface area (TPSA) is 64.0 Å². The van der Waals surface area contributed by atoms with Gasteiger partial charge in [-0.25, -0.2) is 4.98 Å². The van der Waals surface area contributed by atoms with Gasteiger partial charge in [-0.2, -0.15) is 11.8 Å². The van der Waals surface area contributed by atoms with Gasteiger partial charge in [-0.15, -0.1) is 22.7 Å². The van der Waals surface area contributed by atoms with Crippen LogP contribution in [0, 0.1) is 13.8 Å². The number of hydrogen-bond donors (Lipinski definition) is 1. The van der Waals surface area contributed by atoms with Gasteiger partial charge in [0.25, 0.3) is 5.56 Å². The Bertz CT molecular complexity index is 929.